The Bertz CT molecular complexity index is 1200. The van der Waals surface area contributed by atoms with Crippen LogP contribution in [0.5, 0.6) is 0 Å². The number of nitrogens with one attached hydrogen (secondary N) is 2. The van der Waals surface area contributed by atoms with Gasteiger partial charge in [0.15, 0.2) is 0 Å². The minimum Gasteiger partial charge on any atom is -0.353 e. The Labute approximate surface area is 147 Å². The van der Waals surface area contributed by atoms with Crippen LogP contribution in [0.3, 0.4) is 0 Å². The van der Waals surface area contributed by atoms with Crippen molar-refractivity contribution in [1.82, 2.24) is 9.97 Å². The van der Waals surface area contributed by atoms with Crippen LogP contribution in [-0.2, 0) is 4.79 Å². The summed E-state index contributed by atoms with van der Waals surface area (Å²) in [5, 5.41) is 1.49. The van der Waals surface area contributed by atoms with Crippen LogP contribution in [0.15, 0.2) is 59.4 Å². The predicted octanol–water partition coefficient (Wildman–Crippen LogP) is 4.54. The van der Waals surface area contributed by atoms with E-state index in [0.29, 0.717) is 5.02 Å². The zero-order valence-corrected chi connectivity index (χ0v) is 13.8. The third-order valence-corrected chi connectivity index (χ3v) is 4.35. The summed E-state index contributed by atoms with van der Waals surface area (Å²) >= 11 is 6.10. The molecule has 2 heterocycles. The van der Waals surface area contributed by atoms with Crippen molar-refractivity contribution in [3.8, 4) is 11.1 Å². The number of H-pyrrole nitrogens is 2. The monoisotopic (exact) mass is 348 g/mol. The first kappa shape index (κ1) is 15.4. The van der Waals surface area contributed by atoms with Crippen molar-refractivity contribution in [2.24, 2.45) is 0 Å². The van der Waals surface area contributed by atoms with Crippen LogP contribution in [-0.4, -0.2) is 16.3 Å². The Hall–Kier alpha value is -3.11. The number of aromatic amines is 2. The molecule has 0 atom stereocenters. The van der Waals surface area contributed by atoms with Gasteiger partial charge in [-0.05, 0) is 41.5 Å². The first-order chi connectivity index (χ1) is 12.2. The largest absolute Gasteiger partial charge is 0.353 e. The molecule has 0 aliphatic carbocycles. The number of fused-ring (bicyclic) bond motifs is 3. The maximum absolute atomic E-state index is 12.2. The fourth-order valence-corrected chi connectivity index (χ4v) is 3.22. The van der Waals surface area contributed by atoms with Crippen LogP contribution in [0.4, 0.5) is 0 Å². The molecule has 0 aliphatic rings. The average molecular weight is 349 g/mol. The summed E-state index contributed by atoms with van der Waals surface area (Å²) in [5.74, 6) is 0. The van der Waals surface area contributed by atoms with Gasteiger partial charge in [0.1, 0.15) is 6.29 Å². The molecule has 0 unspecified atom stereocenters. The van der Waals surface area contributed by atoms with E-state index in [1.165, 1.54) is 6.08 Å². The van der Waals surface area contributed by atoms with Crippen molar-refractivity contribution >= 4 is 45.9 Å². The van der Waals surface area contributed by atoms with Gasteiger partial charge in [0.25, 0.3) is 0 Å². The molecule has 4 aromatic rings. The van der Waals surface area contributed by atoms with Gasteiger partial charge in [0, 0.05) is 27.6 Å². The minimum atomic E-state index is -0.183. The highest BCUT2D eigenvalue weighted by molar-refractivity contribution is 6.31. The summed E-state index contributed by atoms with van der Waals surface area (Å²) in [6.45, 7) is 0. The van der Waals surface area contributed by atoms with Crippen LogP contribution in [0.2, 0.25) is 5.02 Å². The van der Waals surface area contributed by atoms with Gasteiger partial charge in [-0.25, -0.2) is 0 Å². The van der Waals surface area contributed by atoms with E-state index in [1.807, 2.05) is 42.5 Å². The van der Waals surface area contributed by atoms with Crippen LogP contribution in [0, 0.1) is 0 Å². The molecule has 0 saturated carbocycles. The summed E-state index contributed by atoms with van der Waals surface area (Å²) in [5.41, 5.74) is 4.87. The van der Waals surface area contributed by atoms with Crippen molar-refractivity contribution in [2.45, 2.75) is 0 Å². The molecule has 0 fully saturated rings. The highest BCUT2D eigenvalue weighted by atomic mass is 35.5. The highest BCUT2D eigenvalue weighted by Gasteiger charge is 2.12. The van der Waals surface area contributed by atoms with Gasteiger partial charge in [-0.15, -0.1) is 0 Å². The minimum absolute atomic E-state index is 0.183. The first-order valence-corrected chi connectivity index (χ1v) is 8.10. The maximum Gasteiger partial charge on any atom is 0.249 e. The predicted molar refractivity (Wildman–Crippen MR) is 102 cm³/mol. The fraction of sp³-hybridized carbons (Fsp3) is 0. The Kier molecular flexibility index (Phi) is 3.75. The fourth-order valence-electron chi connectivity index (χ4n) is 3.05. The smallest absolute Gasteiger partial charge is 0.249 e. The molecule has 25 heavy (non-hydrogen) atoms. The van der Waals surface area contributed by atoms with E-state index in [9.17, 15) is 9.59 Å². The van der Waals surface area contributed by atoms with E-state index in [0.717, 1.165) is 44.9 Å². The molecule has 0 spiro atoms. The molecule has 122 valence electrons. The number of benzene rings is 2. The van der Waals surface area contributed by atoms with Crippen LogP contribution < -0.4 is 5.56 Å². The molecule has 0 saturated heterocycles. The number of rotatable bonds is 3. The van der Waals surface area contributed by atoms with Crippen LogP contribution in [0.25, 0.3) is 39.1 Å². The SMILES string of the molecule is O=C/C=C/c1cccc(-c2cc(=O)[nH]c3c2[nH]c2ccc(Cl)cc23)c1. The van der Waals surface area contributed by atoms with Gasteiger partial charge in [-0.2, -0.15) is 0 Å². The van der Waals surface area contributed by atoms with Crippen LogP contribution >= 0.6 is 11.6 Å². The standard InChI is InChI=1S/C20H13ClN2O2/c21-14-6-7-17-16(10-14)20-19(22-17)15(11-18(25)23-20)13-5-1-3-12(9-13)4-2-8-24/h1-11,22H,(H,23,25)/b4-2+. The quantitative estimate of drug-likeness (QED) is 0.421. The zero-order chi connectivity index (χ0) is 17.4. The number of pyridine rings is 1. The van der Waals surface area contributed by atoms with Gasteiger partial charge in [0.05, 0.1) is 11.0 Å². The number of halogens is 1. The zero-order valence-electron chi connectivity index (χ0n) is 13.0. The lowest BCUT2D eigenvalue weighted by molar-refractivity contribution is -0.104. The second-order valence-corrected chi connectivity index (χ2v) is 6.17. The van der Waals surface area contributed by atoms with Crippen molar-refractivity contribution in [3.63, 3.8) is 0 Å². The molecule has 0 amide bonds. The highest BCUT2D eigenvalue weighted by Crippen LogP contribution is 2.32. The lowest BCUT2D eigenvalue weighted by atomic mass is 10.0. The average Bonchev–Trinajstić information content (AvgIpc) is 2.97. The van der Waals surface area contributed by atoms with E-state index >= 15 is 0 Å². The lowest BCUT2D eigenvalue weighted by Gasteiger charge is -2.05. The second kappa shape index (κ2) is 6.07. The number of aromatic nitrogens is 2. The summed E-state index contributed by atoms with van der Waals surface area (Å²) in [4.78, 5) is 29.0. The summed E-state index contributed by atoms with van der Waals surface area (Å²) in [6.07, 6.45) is 3.91. The van der Waals surface area contributed by atoms with Crippen molar-refractivity contribution in [1.29, 1.82) is 0 Å². The second-order valence-electron chi connectivity index (χ2n) is 5.73. The number of allylic oxidation sites excluding steroid dienone is 1. The topological polar surface area (TPSA) is 65.7 Å². The van der Waals surface area contributed by atoms with Crippen molar-refractivity contribution in [3.05, 3.63) is 75.5 Å². The molecule has 0 radical (unpaired) electrons. The molecule has 2 aromatic heterocycles. The molecule has 2 N–H and O–H groups in total. The maximum atomic E-state index is 12.2. The number of carbonyl (C=O) groups excluding carboxylic acids is 1. The van der Waals surface area contributed by atoms with Crippen molar-refractivity contribution in [2.75, 3.05) is 0 Å². The Balaban J connectivity index is 2.02. The van der Waals surface area contributed by atoms with E-state index in [1.54, 1.807) is 12.1 Å². The van der Waals surface area contributed by atoms with Gasteiger partial charge in [-0.3, -0.25) is 9.59 Å². The number of hydrogen-bond acceptors (Lipinski definition) is 2. The third kappa shape index (κ3) is 2.77. The van der Waals surface area contributed by atoms with E-state index < -0.39 is 0 Å². The van der Waals surface area contributed by atoms with Gasteiger partial charge in [-0.1, -0.05) is 35.9 Å². The normalized spacial score (nSPS) is 11.6. The van der Waals surface area contributed by atoms with E-state index in [2.05, 4.69) is 9.97 Å². The van der Waals surface area contributed by atoms with E-state index in [-0.39, 0.29) is 5.56 Å². The van der Waals surface area contributed by atoms with Gasteiger partial charge < -0.3 is 9.97 Å². The molecule has 0 aliphatic heterocycles. The third-order valence-electron chi connectivity index (χ3n) is 4.12. The summed E-state index contributed by atoms with van der Waals surface area (Å²) < 4.78 is 0. The molecular formula is C20H13ClN2O2. The lowest BCUT2D eigenvalue weighted by Crippen LogP contribution is -2.04. The first-order valence-electron chi connectivity index (χ1n) is 7.72. The molecule has 4 rings (SSSR count). The summed E-state index contributed by atoms with van der Waals surface area (Å²) in [7, 11) is 0. The van der Waals surface area contributed by atoms with Crippen LogP contribution in [0.1, 0.15) is 5.56 Å². The van der Waals surface area contributed by atoms with E-state index in [4.69, 9.17) is 11.6 Å². The van der Waals surface area contributed by atoms with Gasteiger partial charge >= 0.3 is 0 Å². The molecule has 0 bridgehead atoms. The van der Waals surface area contributed by atoms with Gasteiger partial charge in [0.2, 0.25) is 5.56 Å². The molecule has 2 aromatic carbocycles. The Morgan fingerprint density at radius 2 is 1.84 bits per heavy atom. The molecular weight excluding hydrogens is 336 g/mol. The number of carbonyl (C=O) groups is 1. The Morgan fingerprint density at radius 3 is 2.68 bits per heavy atom. The Morgan fingerprint density at radius 1 is 0.960 bits per heavy atom. The number of aldehydes is 1. The molecule has 5 heteroatoms. The van der Waals surface area contributed by atoms with Crippen molar-refractivity contribution < 1.29 is 4.79 Å². The summed E-state index contributed by atoms with van der Waals surface area (Å²) in [6, 6.07) is 14.8. The number of hydrogen-bond donors (Lipinski definition) is 2. The molecule has 4 nitrogen and oxygen atoms in total.